The third-order valence-electron chi connectivity index (χ3n) is 8.12. The molecule has 1 aromatic heterocycles. The molecule has 3 aromatic rings. The zero-order valence-corrected chi connectivity index (χ0v) is 23.1. The molecule has 3 heterocycles. The van der Waals surface area contributed by atoms with Gasteiger partial charge in [-0.25, -0.2) is 9.36 Å². The third-order valence-corrected chi connectivity index (χ3v) is 8.12. The fourth-order valence-electron chi connectivity index (χ4n) is 5.73. The molecule has 4 N–H and O–H groups in total. The van der Waals surface area contributed by atoms with E-state index in [0.29, 0.717) is 35.8 Å². The van der Waals surface area contributed by atoms with Gasteiger partial charge < -0.3 is 30.2 Å². The molecule has 0 spiro atoms. The summed E-state index contributed by atoms with van der Waals surface area (Å²) < 4.78 is 1.49. The highest BCUT2D eigenvalue weighted by Crippen LogP contribution is 2.38. The van der Waals surface area contributed by atoms with Crippen LogP contribution in [0.5, 0.6) is 17.5 Å². The van der Waals surface area contributed by atoms with Gasteiger partial charge in [-0.2, -0.15) is 0 Å². The molecule has 0 unspecified atom stereocenters. The van der Waals surface area contributed by atoms with Gasteiger partial charge in [-0.3, -0.25) is 4.90 Å². The van der Waals surface area contributed by atoms with Gasteiger partial charge >= 0.3 is 12.1 Å². The number of phenolic OH excluding ortho intramolecular Hbond substituents is 2. The Labute approximate surface area is 233 Å². The van der Waals surface area contributed by atoms with Crippen molar-refractivity contribution >= 4 is 6.09 Å². The van der Waals surface area contributed by atoms with E-state index in [1.165, 1.54) is 15.5 Å². The number of aromatic nitrogens is 3. The Kier molecular flexibility index (Phi) is 8.13. The summed E-state index contributed by atoms with van der Waals surface area (Å²) in [5.74, 6) is 0.751. The molecule has 0 atom stereocenters. The number of aromatic hydroxyl groups is 3. The number of piperidine rings is 1. The van der Waals surface area contributed by atoms with Gasteiger partial charge in [-0.1, -0.05) is 31.1 Å². The quantitative estimate of drug-likeness (QED) is 0.347. The number of likely N-dealkylation sites (tertiary alicyclic amines) is 1. The predicted molar refractivity (Wildman–Crippen MR) is 150 cm³/mol. The van der Waals surface area contributed by atoms with Crippen LogP contribution in [0.25, 0.3) is 17.1 Å². The summed E-state index contributed by atoms with van der Waals surface area (Å²) in [6, 6.07) is 10.6. The van der Waals surface area contributed by atoms with E-state index in [0.717, 1.165) is 57.7 Å². The van der Waals surface area contributed by atoms with Crippen molar-refractivity contribution < 1.29 is 25.2 Å². The highest BCUT2D eigenvalue weighted by molar-refractivity contribution is 5.69. The number of carboxylic acid groups (broad SMARTS) is 1. The van der Waals surface area contributed by atoms with Crippen molar-refractivity contribution in [3.05, 3.63) is 47.5 Å². The fraction of sp³-hybridized carbons (Fsp3) is 0.483. The van der Waals surface area contributed by atoms with Gasteiger partial charge in [0.25, 0.3) is 0 Å². The minimum atomic E-state index is -0.809. The Hall–Kier alpha value is -3.83. The largest absolute Gasteiger partial charge is 0.508 e. The number of piperazine rings is 1. The molecule has 0 aliphatic carbocycles. The third kappa shape index (κ3) is 6.00. The molecular weight excluding hydrogens is 512 g/mol. The lowest BCUT2D eigenvalue weighted by Crippen LogP contribution is -2.48. The molecule has 0 radical (unpaired) electrons. The lowest BCUT2D eigenvalue weighted by atomic mass is 9.96. The van der Waals surface area contributed by atoms with E-state index in [-0.39, 0.29) is 29.3 Å². The van der Waals surface area contributed by atoms with E-state index in [1.54, 1.807) is 6.07 Å². The molecule has 2 aliphatic rings. The molecule has 11 heteroatoms. The van der Waals surface area contributed by atoms with Gasteiger partial charge in [0.05, 0.1) is 11.3 Å². The monoisotopic (exact) mass is 550 g/mol. The molecule has 2 saturated heterocycles. The number of nitrogens with zero attached hydrogens (tertiary/aromatic N) is 6. The molecule has 5 rings (SSSR count). The Balaban J connectivity index is 1.20. The minimum absolute atomic E-state index is 0.0118. The molecule has 2 fully saturated rings. The number of carbonyl (C=O) groups is 1. The summed E-state index contributed by atoms with van der Waals surface area (Å²) in [6.07, 6.45) is 1.07. The molecule has 214 valence electrons. The normalized spacial score (nSPS) is 17.5. The maximum absolute atomic E-state index is 11.1. The predicted octanol–water partition coefficient (Wildman–Crippen LogP) is 3.68. The van der Waals surface area contributed by atoms with Gasteiger partial charge in [0.15, 0.2) is 5.82 Å². The average Bonchev–Trinajstić information content (AvgIpc) is 3.31. The summed E-state index contributed by atoms with van der Waals surface area (Å²) in [5, 5.41) is 48.4. The summed E-state index contributed by atoms with van der Waals surface area (Å²) in [7, 11) is 0. The average molecular weight is 551 g/mol. The van der Waals surface area contributed by atoms with E-state index in [4.69, 9.17) is 5.11 Å². The van der Waals surface area contributed by atoms with Crippen molar-refractivity contribution in [3.63, 3.8) is 0 Å². The second kappa shape index (κ2) is 11.7. The highest BCUT2D eigenvalue weighted by Gasteiger charge is 2.26. The van der Waals surface area contributed by atoms with Crippen LogP contribution in [0.4, 0.5) is 4.79 Å². The van der Waals surface area contributed by atoms with Gasteiger partial charge in [0.1, 0.15) is 11.5 Å². The summed E-state index contributed by atoms with van der Waals surface area (Å²) >= 11 is 0. The number of amides is 1. The molecular formula is C29H38N6O5. The minimum Gasteiger partial charge on any atom is -0.508 e. The molecule has 40 heavy (non-hydrogen) atoms. The van der Waals surface area contributed by atoms with Crippen LogP contribution in [0, 0.1) is 5.92 Å². The Bertz CT molecular complexity index is 1330. The molecule has 2 aliphatic heterocycles. The second-order valence-corrected chi connectivity index (χ2v) is 11.2. The summed E-state index contributed by atoms with van der Waals surface area (Å²) in [4.78, 5) is 17.6. The van der Waals surface area contributed by atoms with Crippen LogP contribution in [-0.4, -0.2) is 102 Å². The van der Waals surface area contributed by atoms with Crippen molar-refractivity contribution in [3.8, 4) is 34.6 Å². The lowest BCUT2D eigenvalue weighted by Gasteiger charge is -2.38. The zero-order chi connectivity index (χ0) is 28.4. The van der Waals surface area contributed by atoms with Crippen LogP contribution in [0.15, 0.2) is 36.4 Å². The van der Waals surface area contributed by atoms with Crippen LogP contribution in [0.1, 0.15) is 43.7 Å². The van der Waals surface area contributed by atoms with Crippen LogP contribution in [0.3, 0.4) is 0 Å². The fourth-order valence-corrected chi connectivity index (χ4v) is 5.73. The first kappa shape index (κ1) is 27.7. The van der Waals surface area contributed by atoms with Crippen molar-refractivity contribution in [2.45, 2.75) is 39.2 Å². The van der Waals surface area contributed by atoms with Crippen LogP contribution in [0.2, 0.25) is 0 Å². The number of rotatable bonds is 7. The van der Waals surface area contributed by atoms with Crippen LogP contribution in [-0.2, 0) is 6.54 Å². The Morgan fingerprint density at radius 1 is 0.900 bits per heavy atom. The summed E-state index contributed by atoms with van der Waals surface area (Å²) in [6.45, 7) is 11.0. The number of phenols is 2. The Morgan fingerprint density at radius 2 is 1.55 bits per heavy atom. The summed E-state index contributed by atoms with van der Waals surface area (Å²) in [5.41, 5.74) is 2.87. The number of benzene rings is 2. The highest BCUT2D eigenvalue weighted by atomic mass is 16.4. The zero-order valence-electron chi connectivity index (χ0n) is 23.1. The molecule has 0 bridgehead atoms. The molecule has 1 amide bonds. The smallest absolute Gasteiger partial charge is 0.407 e. The van der Waals surface area contributed by atoms with Crippen molar-refractivity contribution in [1.82, 2.24) is 29.5 Å². The van der Waals surface area contributed by atoms with E-state index in [1.807, 2.05) is 38.1 Å². The van der Waals surface area contributed by atoms with E-state index >= 15 is 0 Å². The van der Waals surface area contributed by atoms with Gasteiger partial charge in [-0.15, -0.1) is 5.10 Å². The van der Waals surface area contributed by atoms with Crippen LogP contribution < -0.4 is 0 Å². The standard InChI is InChI=1S/C29H38N6O5/c1-19(2)23-15-24(26(37)16-25(23)36)27-30-31-28(38)35(27)22-5-3-20(4-6-22)17-32-11-13-33(14-12-32)18-21-7-9-34(10-8-21)29(39)40/h3-6,15-16,19,21,36-37H,7-14,17-18H2,1-2H3,(H,31,38)(H,39,40). The molecule has 2 aromatic carbocycles. The van der Waals surface area contributed by atoms with Gasteiger partial charge in [-0.05, 0) is 54.0 Å². The first-order valence-corrected chi connectivity index (χ1v) is 13.9. The van der Waals surface area contributed by atoms with E-state index in [9.17, 15) is 20.1 Å². The number of hydrogen-bond acceptors (Lipinski definition) is 8. The van der Waals surface area contributed by atoms with Gasteiger partial charge in [0.2, 0.25) is 0 Å². The van der Waals surface area contributed by atoms with E-state index in [2.05, 4.69) is 20.0 Å². The molecule has 0 saturated carbocycles. The van der Waals surface area contributed by atoms with Crippen molar-refractivity contribution in [2.24, 2.45) is 5.92 Å². The SMILES string of the molecule is CC(C)c1cc(-c2nnc(O)n2-c2ccc(CN3CCN(CC4CCN(C(=O)O)CC4)CC3)cc2)c(O)cc1O. The maximum Gasteiger partial charge on any atom is 0.407 e. The van der Waals surface area contributed by atoms with E-state index < -0.39 is 6.09 Å². The van der Waals surface area contributed by atoms with Crippen molar-refractivity contribution in [1.29, 1.82) is 0 Å². The van der Waals surface area contributed by atoms with Gasteiger partial charge in [0, 0.05) is 58.4 Å². The topological polar surface area (TPSA) is 138 Å². The number of hydrogen-bond donors (Lipinski definition) is 4. The lowest BCUT2D eigenvalue weighted by molar-refractivity contribution is 0.0875. The van der Waals surface area contributed by atoms with Crippen molar-refractivity contribution in [2.75, 3.05) is 45.8 Å². The first-order valence-electron chi connectivity index (χ1n) is 13.9. The second-order valence-electron chi connectivity index (χ2n) is 11.2. The molecule has 11 nitrogen and oxygen atoms in total. The van der Waals surface area contributed by atoms with Crippen LogP contribution >= 0.6 is 0 Å². The first-order chi connectivity index (χ1) is 19.2. The Morgan fingerprint density at radius 3 is 2.17 bits per heavy atom. The maximum atomic E-state index is 11.1.